The highest BCUT2D eigenvalue weighted by Crippen LogP contribution is 2.27. The van der Waals surface area contributed by atoms with Crippen LogP contribution in [0.5, 0.6) is 0 Å². The van der Waals surface area contributed by atoms with Gasteiger partial charge in [-0.2, -0.15) is 0 Å². The Morgan fingerprint density at radius 1 is 0.944 bits per heavy atom. The molecule has 94 valence electrons. The van der Waals surface area contributed by atoms with E-state index in [4.69, 9.17) is 0 Å². The van der Waals surface area contributed by atoms with Crippen LogP contribution in [0.15, 0.2) is 48.8 Å². The molecule has 2 heteroatoms. The third kappa shape index (κ3) is 2.70. The zero-order valence-corrected chi connectivity index (χ0v) is 11.5. The van der Waals surface area contributed by atoms with Crippen molar-refractivity contribution in [3.63, 3.8) is 0 Å². The van der Waals surface area contributed by atoms with Gasteiger partial charge in [-0.1, -0.05) is 32.9 Å². The van der Waals surface area contributed by atoms with Crippen LogP contribution in [0.2, 0.25) is 0 Å². The molecule has 0 N–H and O–H groups in total. The first-order chi connectivity index (χ1) is 8.48. The summed E-state index contributed by atoms with van der Waals surface area (Å²) in [6.45, 7) is 6.69. The van der Waals surface area contributed by atoms with Gasteiger partial charge in [0.25, 0.3) is 0 Å². The number of pyridine rings is 1. The Bertz CT molecular complexity index is 495. The number of rotatable bonds is 2. The van der Waals surface area contributed by atoms with Crippen molar-refractivity contribution in [2.75, 3.05) is 11.9 Å². The Hall–Kier alpha value is -1.83. The quantitative estimate of drug-likeness (QED) is 0.784. The van der Waals surface area contributed by atoms with Gasteiger partial charge in [-0.25, -0.2) is 0 Å². The predicted molar refractivity (Wildman–Crippen MR) is 77.4 cm³/mol. The van der Waals surface area contributed by atoms with E-state index in [0.29, 0.717) is 0 Å². The third-order valence-corrected chi connectivity index (χ3v) is 3.15. The van der Waals surface area contributed by atoms with Gasteiger partial charge in [0.15, 0.2) is 0 Å². The van der Waals surface area contributed by atoms with Crippen molar-refractivity contribution in [3.05, 3.63) is 54.4 Å². The van der Waals surface area contributed by atoms with Crippen LogP contribution in [0.3, 0.4) is 0 Å². The van der Waals surface area contributed by atoms with E-state index in [9.17, 15) is 0 Å². The molecular formula is C16H20N2. The molecular weight excluding hydrogens is 220 g/mol. The highest BCUT2D eigenvalue weighted by Gasteiger charge is 2.13. The molecule has 2 rings (SSSR count). The summed E-state index contributed by atoms with van der Waals surface area (Å²) in [6, 6.07) is 12.7. The first kappa shape index (κ1) is 12.6. The maximum atomic E-state index is 4.15. The van der Waals surface area contributed by atoms with E-state index in [2.05, 4.69) is 68.0 Å². The van der Waals surface area contributed by atoms with Gasteiger partial charge in [0.05, 0.1) is 11.9 Å². The minimum Gasteiger partial charge on any atom is -0.343 e. The van der Waals surface area contributed by atoms with Gasteiger partial charge in [-0.3, -0.25) is 4.98 Å². The molecule has 0 bridgehead atoms. The van der Waals surface area contributed by atoms with E-state index in [1.807, 2.05) is 12.3 Å². The Morgan fingerprint density at radius 3 is 2.11 bits per heavy atom. The minimum atomic E-state index is 0.200. The average Bonchev–Trinajstić information content (AvgIpc) is 2.38. The lowest BCUT2D eigenvalue weighted by Crippen LogP contribution is -2.13. The van der Waals surface area contributed by atoms with Crippen molar-refractivity contribution >= 4 is 11.4 Å². The largest absolute Gasteiger partial charge is 0.343 e. The van der Waals surface area contributed by atoms with Crippen LogP contribution in [0.4, 0.5) is 11.4 Å². The summed E-state index contributed by atoms with van der Waals surface area (Å²) in [7, 11) is 2.06. The molecule has 0 fully saturated rings. The molecule has 0 saturated carbocycles. The Balaban J connectivity index is 2.25. The lowest BCUT2D eigenvalue weighted by atomic mass is 9.87. The lowest BCUT2D eigenvalue weighted by molar-refractivity contribution is 0.590. The second-order valence-corrected chi connectivity index (χ2v) is 5.57. The maximum Gasteiger partial charge on any atom is 0.0594 e. The highest BCUT2D eigenvalue weighted by molar-refractivity contribution is 5.61. The summed E-state index contributed by atoms with van der Waals surface area (Å²) in [4.78, 5) is 6.28. The van der Waals surface area contributed by atoms with Gasteiger partial charge in [-0.05, 0) is 35.2 Å². The predicted octanol–water partition coefficient (Wildman–Crippen LogP) is 4.15. The second kappa shape index (κ2) is 4.81. The summed E-state index contributed by atoms with van der Waals surface area (Å²) in [5, 5.41) is 0. The molecule has 0 aliphatic heterocycles. The first-order valence-electron chi connectivity index (χ1n) is 6.23. The Kier molecular flexibility index (Phi) is 3.37. The molecule has 2 nitrogen and oxygen atoms in total. The second-order valence-electron chi connectivity index (χ2n) is 5.57. The molecule has 0 spiro atoms. The molecule has 0 amide bonds. The van der Waals surface area contributed by atoms with Gasteiger partial charge in [0, 0.05) is 18.9 Å². The van der Waals surface area contributed by atoms with Crippen LogP contribution in [-0.4, -0.2) is 12.0 Å². The fourth-order valence-electron chi connectivity index (χ4n) is 1.89. The fraction of sp³-hybridized carbons (Fsp3) is 0.312. The van der Waals surface area contributed by atoms with E-state index >= 15 is 0 Å². The normalized spacial score (nSPS) is 11.3. The molecule has 2 aromatic rings. The van der Waals surface area contributed by atoms with E-state index in [1.165, 1.54) is 11.3 Å². The van der Waals surface area contributed by atoms with Gasteiger partial charge in [-0.15, -0.1) is 0 Å². The smallest absolute Gasteiger partial charge is 0.0594 e. The van der Waals surface area contributed by atoms with Crippen molar-refractivity contribution in [2.24, 2.45) is 0 Å². The highest BCUT2D eigenvalue weighted by atomic mass is 15.1. The van der Waals surface area contributed by atoms with E-state index in [0.717, 1.165) is 5.69 Å². The van der Waals surface area contributed by atoms with E-state index in [1.54, 1.807) is 6.20 Å². The molecule has 1 aromatic carbocycles. The van der Waals surface area contributed by atoms with Crippen molar-refractivity contribution in [1.29, 1.82) is 0 Å². The summed E-state index contributed by atoms with van der Waals surface area (Å²) in [5.74, 6) is 0. The summed E-state index contributed by atoms with van der Waals surface area (Å²) in [5.41, 5.74) is 3.83. The Labute approximate surface area is 109 Å². The Morgan fingerprint density at radius 2 is 1.61 bits per heavy atom. The van der Waals surface area contributed by atoms with Crippen LogP contribution in [0, 0.1) is 0 Å². The molecule has 18 heavy (non-hydrogen) atoms. The zero-order valence-electron chi connectivity index (χ0n) is 11.5. The van der Waals surface area contributed by atoms with Crippen LogP contribution in [-0.2, 0) is 5.41 Å². The van der Waals surface area contributed by atoms with Crippen LogP contribution in [0.1, 0.15) is 26.3 Å². The number of aromatic nitrogens is 1. The zero-order chi connectivity index (χ0) is 13.2. The average molecular weight is 240 g/mol. The lowest BCUT2D eigenvalue weighted by Gasteiger charge is -2.22. The van der Waals surface area contributed by atoms with Gasteiger partial charge >= 0.3 is 0 Å². The number of anilines is 2. The van der Waals surface area contributed by atoms with Crippen molar-refractivity contribution in [1.82, 2.24) is 4.98 Å². The van der Waals surface area contributed by atoms with Gasteiger partial charge < -0.3 is 4.90 Å². The van der Waals surface area contributed by atoms with Gasteiger partial charge in [0.2, 0.25) is 0 Å². The van der Waals surface area contributed by atoms with E-state index in [-0.39, 0.29) is 5.41 Å². The van der Waals surface area contributed by atoms with Gasteiger partial charge in [0.1, 0.15) is 0 Å². The monoisotopic (exact) mass is 240 g/mol. The molecule has 1 heterocycles. The van der Waals surface area contributed by atoms with Crippen molar-refractivity contribution < 1.29 is 0 Å². The number of hydrogen-bond donors (Lipinski definition) is 0. The fourth-order valence-corrected chi connectivity index (χ4v) is 1.89. The molecule has 0 saturated heterocycles. The van der Waals surface area contributed by atoms with Crippen molar-refractivity contribution in [3.8, 4) is 0 Å². The van der Waals surface area contributed by atoms with Crippen LogP contribution in [0.25, 0.3) is 0 Å². The number of hydrogen-bond acceptors (Lipinski definition) is 2. The maximum absolute atomic E-state index is 4.15. The SMILES string of the molecule is CN(c1ccc(C(C)(C)C)cc1)c1cccnc1. The van der Waals surface area contributed by atoms with Crippen LogP contribution >= 0.6 is 0 Å². The molecule has 0 unspecified atom stereocenters. The summed E-state index contributed by atoms with van der Waals surface area (Å²) < 4.78 is 0. The standard InChI is InChI=1S/C16H20N2/c1-16(2,3)13-7-9-14(10-8-13)18(4)15-6-5-11-17-12-15/h5-12H,1-4H3. The summed E-state index contributed by atoms with van der Waals surface area (Å²) in [6.07, 6.45) is 3.66. The topological polar surface area (TPSA) is 16.1 Å². The van der Waals surface area contributed by atoms with E-state index < -0.39 is 0 Å². The minimum absolute atomic E-state index is 0.200. The third-order valence-electron chi connectivity index (χ3n) is 3.15. The summed E-state index contributed by atoms with van der Waals surface area (Å²) >= 11 is 0. The molecule has 1 aromatic heterocycles. The number of nitrogens with zero attached hydrogens (tertiary/aromatic N) is 2. The molecule has 0 aliphatic rings. The molecule has 0 aliphatic carbocycles. The van der Waals surface area contributed by atoms with Crippen molar-refractivity contribution in [2.45, 2.75) is 26.2 Å². The first-order valence-corrected chi connectivity index (χ1v) is 6.23. The number of benzene rings is 1. The molecule has 0 radical (unpaired) electrons. The van der Waals surface area contributed by atoms with Crippen LogP contribution < -0.4 is 4.90 Å². The molecule has 0 atom stereocenters.